The molecule has 2 saturated heterocycles. The lowest BCUT2D eigenvalue weighted by molar-refractivity contribution is -0.164. The fourth-order valence-corrected chi connectivity index (χ4v) is 11.0. The number of nitriles is 1. The van der Waals surface area contributed by atoms with Crippen LogP contribution in [0, 0.1) is 41.9 Å². The highest BCUT2D eigenvalue weighted by Gasteiger charge is 2.64. The van der Waals surface area contributed by atoms with Gasteiger partial charge in [-0.25, -0.2) is 0 Å². The summed E-state index contributed by atoms with van der Waals surface area (Å²) in [6.45, 7) is 18.5. The van der Waals surface area contributed by atoms with Crippen molar-refractivity contribution >= 4 is 35.2 Å². The van der Waals surface area contributed by atoms with Gasteiger partial charge in [-0.1, -0.05) is 34.6 Å². The molecule has 0 bridgehead atoms. The number of rotatable bonds is 12. The summed E-state index contributed by atoms with van der Waals surface area (Å²) in [7, 11) is 0. The van der Waals surface area contributed by atoms with Gasteiger partial charge < -0.3 is 24.6 Å². The van der Waals surface area contributed by atoms with Crippen LogP contribution in [0.5, 0.6) is 11.5 Å². The number of nitrogens with zero attached hydrogens (tertiary/aromatic N) is 4. The van der Waals surface area contributed by atoms with E-state index in [1.54, 1.807) is 18.2 Å². The molecule has 5 aliphatic rings. The number of benzene rings is 3. The monoisotopic (exact) mass is 842 g/mol. The largest absolute Gasteiger partial charge is 0.490 e. The minimum absolute atomic E-state index is 0.00362. The van der Waals surface area contributed by atoms with Crippen molar-refractivity contribution in [3.05, 3.63) is 88.0 Å². The van der Waals surface area contributed by atoms with Gasteiger partial charge in [0.1, 0.15) is 29.7 Å². The summed E-state index contributed by atoms with van der Waals surface area (Å²) in [5.74, 6) is -0.331. The Hall–Kier alpha value is -5.74. The van der Waals surface area contributed by atoms with Crippen LogP contribution in [-0.4, -0.2) is 95.8 Å². The number of piperidine rings is 2. The molecule has 0 unspecified atom stereocenters. The minimum Gasteiger partial charge on any atom is -0.490 e. The van der Waals surface area contributed by atoms with Crippen molar-refractivity contribution in [1.29, 1.82) is 5.26 Å². The van der Waals surface area contributed by atoms with Gasteiger partial charge in [-0.3, -0.25) is 34.2 Å². The number of fused-ring (bicyclic) bond motifs is 1. The SMILES string of the molecule is CCN(CC1CCN(c2ccc(C(=O)NC3C(C)(C)C(Oc4cc(C)c(C#N)c(C)c4)C3(C)C)cc2)CC1)C1CC(Oc2ccc3c(c2)C(=O)N([C@@H]2CCC(=O)NC2=O)C3=O)C1. The van der Waals surface area contributed by atoms with E-state index < -0.39 is 29.7 Å². The molecule has 2 N–H and O–H groups in total. The van der Waals surface area contributed by atoms with Gasteiger partial charge in [0.2, 0.25) is 11.8 Å². The Morgan fingerprint density at radius 2 is 1.52 bits per heavy atom. The smallest absolute Gasteiger partial charge is 0.262 e. The van der Waals surface area contributed by atoms with E-state index in [0.29, 0.717) is 28.8 Å². The first-order valence-electron chi connectivity index (χ1n) is 22.1. The van der Waals surface area contributed by atoms with Crippen LogP contribution in [0.4, 0.5) is 5.69 Å². The first kappa shape index (κ1) is 42.9. The van der Waals surface area contributed by atoms with E-state index in [4.69, 9.17) is 9.47 Å². The topological polar surface area (TPSA) is 161 Å². The number of carbonyl (C=O) groups excluding carboxylic acids is 5. The van der Waals surface area contributed by atoms with Crippen LogP contribution in [-0.2, 0) is 9.59 Å². The maximum Gasteiger partial charge on any atom is 0.262 e. The second kappa shape index (κ2) is 16.5. The highest BCUT2D eigenvalue weighted by molar-refractivity contribution is 6.23. The van der Waals surface area contributed by atoms with Crippen LogP contribution in [0.15, 0.2) is 54.6 Å². The lowest BCUT2D eigenvalue weighted by Crippen LogP contribution is -2.74. The lowest BCUT2D eigenvalue weighted by atomic mass is 9.49. The molecule has 0 spiro atoms. The van der Waals surface area contributed by atoms with Gasteiger partial charge in [-0.15, -0.1) is 0 Å². The zero-order valence-electron chi connectivity index (χ0n) is 36.9. The summed E-state index contributed by atoms with van der Waals surface area (Å²) in [6.07, 6.45) is 3.99. The molecule has 1 atom stereocenters. The molecule has 62 heavy (non-hydrogen) atoms. The summed E-state index contributed by atoms with van der Waals surface area (Å²) in [5, 5.41) is 15.0. The molecule has 4 fully saturated rings. The third kappa shape index (κ3) is 7.82. The average molecular weight is 843 g/mol. The maximum absolute atomic E-state index is 13.6. The van der Waals surface area contributed by atoms with Gasteiger partial charge in [0, 0.05) is 73.1 Å². The van der Waals surface area contributed by atoms with Crippen molar-refractivity contribution in [2.45, 2.75) is 117 Å². The van der Waals surface area contributed by atoms with E-state index in [9.17, 15) is 29.2 Å². The Morgan fingerprint density at radius 1 is 0.871 bits per heavy atom. The van der Waals surface area contributed by atoms with Crippen LogP contribution in [0.25, 0.3) is 0 Å². The summed E-state index contributed by atoms with van der Waals surface area (Å²) in [6, 6.07) is 18.3. The van der Waals surface area contributed by atoms with Crippen molar-refractivity contribution in [2.24, 2.45) is 16.7 Å². The van der Waals surface area contributed by atoms with E-state index in [-0.39, 0.29) is 59.0 Å². The maximum atomic E-state index is 13.6. The summed E-state index contributed by atoms with van der Waals surface area (Å²) >= 11 is 0. The van der Waals surface area contributed by atoms with Crippen molar-refractivity contribution in [1.82, 2.24) is 20.4 Å². The number of ether oxygens (including phenoxy) is 2. The molecular weight excluding hydrogens is 785 g/mol. The van der Waals surface area contributed by atoms with Crippen molar-refractivity contribution < 1.29 is 33.4 Å². The number of carbonyl (C=O) groups is 5. The molecule has 2 saturated carbocycles. The van der Waals surface area contributed by atoms with Crippen molar-refractivity contribution in [2.75, 3.05) is 31.1 Å². The second-order valence-electron chi connectivity index (χ2n) is 19.2. The van der Waals surface area contributed by atoms with Crippen molar-refractivity contribution in [3.63, 3.8) is 0 Å². The number of anilines is 1. The van der Waals surface area contributed by atoms with Crippen LogP contribution >= 0.6 is 0 Å². The molecule has 13 heteroatoms. The molecular formula is C49H58N6O7. The molecule has 0 radical (unpaired) electrons. The number of nitrogens with one attached hydrogen (secondary N) is 2. The van der Waals surface area contributed by atoms with Gasteiger partial charge in [-0.2, -0.15) is 5.26 Å². The quantitative estimate of drug-likeness (QED) is 0.197. The number of aryl methyl sites for hydroxylation is 2. The normalized spacial score (nSPS) is 25.4. The van der Waals surface area contributed by atoms with E-state index in [0.717, 1.165) is 79.3 Å². The Bertz CT molecular complexity index is 2300. The molecule has 3 aliphatic heterocycles. The summed E-state index contributed by atoms with van der Waals surface area (Å²) in [5.41, 5.74) is 4.06. The number of hydrogen-bond donors (Lipinski definition) is 2. The Balaban J connectivity index is 0.785. The number of amides is 5. The van der Waals surface area contributed by atoms with Gasteiger partial charge in [-0.05, 0) is 111 Å². The molecule has 2 aliphatic carbocycles. The number of hydrogen-bond acceptors (Lipinski definition) is 10. The standard InChI is InChI=1S/C49H58N6O7/c1-8-53(33-23-36(24-33)61-34-13-14-37-38(25-34)45(60)55(44(37)59)40-15-16-41(56)51-43(40)58)27-30-17-19-54(20-18-30)32-11-9-31(10-12-32)42(57)52-46-48(4,5)47(49(46,6)7)62-35-21-28(2)39(26-50)29(3)22-35/h9-14,21-22,25,30,33,36,40,46-47H,8,15-20,23-24,27H2,1-7H3,(H,52,57)(H,51,56,58)/t33?,36?,40-,46?,47?/m1/s1. The first-order valence-corrected chi connectivity index (χ1v) is 22.1. The third-order valence-corrected chi connectivity index (χ3v) is 14.3. The third-order valence-electron chi connectivity index (χ3n) is 14.3. The second-order valence-corrected chi connectivity index (χ2v) is 19.2. The highest BCUT2D eigenvalue weighted by Crippen LogP contribution is 2.55. The Morgan fingerprint density at radius 3 is 2.13 bits per heavy atom. The first-order chi connectivity index (χ1) is 29.5. The lowest BCUT2D eigenvalue weighted by Gasteiger charge is -2.63. The fraction of sp³-hybridized carbons (Fsp3) is 0.510. The number of imide groups is 2. The molecule has 3 aromatic carbocycles. The molecule has 326 valence electrons. The predicted molar refractivity (Wildman–Crippen MR) is 233 cm³/mol. The summed E-state index contributed by atoms with van der Waals surface area (Å²) in [4.78, 5) is 69.9. The molecule has 13 nitrogen and oxygen atoms in total. The molecule has 8 rings (SSSR count). The fourth-order valence-electron chi connectivity index (χ4n) is 11.0. The van der Waals surface area contributed by atoms with E-state index in [1.165, 1.54) is 0 Å². The van der Waals surface area contributed by atoms with Crippen LogP contribution in [0.2, 0.25) is 0 Å². The molecule has 3 heterocycles. The van der Waals surface area contributed by atoms with E-state index in [2.05, 4.69) is 73.3 Å². The minimum atomic E-state index is -0.997. The van der Waals surface area contributed by atoms with E-state index in [1.807, 2.05) is 38.1 Å². The Labute approximate surface area is 364 Å². The Kier molecular flexibility index (Phi) is 11.4. The highest BCUT2D eigenvalue weighted by atomic mass is 16.5. The van der Waals surface area contributed by atoms with Crippen LogP contribution in [0.1, 0.15) is 121 Å². The van der Waals surface area contributed by atoms with Gasteiger partial charge in [0.05, 0.1) is 22.8 Å². The van der Waals surface area contributed by atoms with Crippen LogP contribution in [0.3, 0.4) is 0 Å². The zero-order chi connectivity index (χ0) is 44.2. The van der Waals surface area contributed by atoms with Gasteiger partial charge in [0.15, 0.2) is 0 Å². The predicted octanol–water partition coefficient (Wildman–Crippen LogP) is 6.34. The molecule has 5 amide bonds. The van der Waals surface area contributed by atoms with Gasteiger partial charge >= 0.3 is 0 Å². The molecule has 3 aromatic rings. The zero-order valence-corrected chi connectivity index (χ0v) is 36.9. The summed E-state index contributed by atoms with van der Waals surface area (Å²) < 4.78 is 12.8. The van der Waals surface area contributed by atoms with Crippen LogP contribution < -0.4 is 25.0 Å². The van der Waals surface area contributed by atoms with E-state index >= 15 is 0 Å². The van der Waals surface area contributed by atoms with Gasteiger partial charge in [0.25, 0.3) is 17.7 Å². The molecule has 0 aromatic heterocycles. The van der Waals surface area contributed by atoms with Crippen molar-refractivity contribution in [3.8, 4) is 17.6 Å². The average Bonchev–Trinajstić information content (AvgIpc) is 3.47.